The van der Waals surface area contributed by atoms with E-state index in [1.807, 2.05) is 18.2 Å². The molecule has 0 aliphatic carbocycles. The Morgan fingerprint density at radius 3 is 1.95 bits per heavy atom. The van der Waals surface area contributed by atoms with Crippen LogP contribution in [0.25, 0.3) is 0 Å². The summed E-state index contributed by atoms with van der Waals surface area (Å²) in [5, 5.41) is 13.4. The van der Waals surface area contributed by atoms with Gasteiger partial charge in [0, 0.05) is 0 Å². The van der Waals surface area contributed by atoms with Gasteiger partial charge >= 0.3 is 5.97 Å². The van der Waals surface area contributed by atoms with Crippen LogP contribution in [0.5, 0.6) is 0 Å². The highest BCUT2D eigenvalue weighted by atomic mass is 16.6. The lowest BCUT2D eigenvalue weighted by molar-refractivity contribution is -0.220. The number of esters is 1. The highest BCUT2D eigenvalue weighted by molar-refractivity contribution is 5.96. The number of nitrogens with zero attached hydrogens (tertiary/aromatic N) is 1. The SMILES string of the molecule is CC(=O)CO[C@@H]1[C@@H](NC(=O)Cc2ccccc2)C(=O)N1C(O)C(=O)OC(c1ccccc1)c1ccccc1. The van der Waals surface area contributed by atoms with E-state index < -0.39 is 42.4 Å². The van der Waals surface area contributed by atoms with Crippen LogP contribution in [0.15, 0.2) is 91.0 Å². The van der Waals surface area contributed by atoms with Crippen LogP contribution in [0.3, 0.4) is 0 Å². The Bertz CT molecular complexity index is 1230. The van der Waals surface area contributed by atoms with Crippen LogP contribution in [0.1, 0.15) is 29.7 Å². The second kappa shape index (κ2) is 12.3. The number of ketones is 1. The third-order valence-electron chi connectivity index (χ3n) is 5.97. The molecule has 196 valence electrons. The van der Waals surface area contributed by atoms with Gasteiger partial charge in [-0.05, 0) is 23.6 Å². The van der Waals surface area contributed by atoms with Crippen molar-refractivity contribution in [3.05, 3.63) is 108 Å². The summed E-state index contributed by atoms with van der Waals surface area (Å²) in [7, 11) is 0. The Morgan fingerprint density at radius 1 is 0.895 bits per heavy atom. The van der Waals surface area contributed by atoms with E-state index in [4.69, 9.17) is 9.47 Å². The molecule has 38 heavy (non-hydrogen) atoms. The standard InChI is InChI=1S/C29H28N2O7/c1-19(32)18-37-28-24(30-23(33)17-20-11-5-2-6-12-20)26(34)31(28)27(35)29(36)38-25(21-13-7-3-8-14-21)22-15-9-4-10-16-22/h2-16,24-25,27-28,35H,17-18H2,1H3,(H,30,33)/t24-,27?,28+/m0/s1. The van der Waals surface area contributed by atoms with Crippen LogP contribution in [0, 0.1) is 0 Å². The van der Waals surface area contributed by atoms with E-state index in [2.05, 4.69) is 5.32 Å². The molecule has 3 aromatic carbocycles. The molecule has 0 radical (unpaired) electrons. The molecule has 0 saturated carbocycles. The Labute approximate surface area is 220 Å². The highest BCUT2D eigenvalue weighted by Gasteiger charge is 2.54. The minimum atomic E-state index is -2.02. The normalized spacial score (nSPS) is 17.4. The fraction of sp³-hybridized carbons (Fsp3) is 0.241. The average molecular weight is 517 g/mol. The molecule has 1 saturated heterocycles. The number of hydrogen-bond donors (Lipinski definition) is 2. The molecule has 9 nitrogen and oxygen atoms in total. The molecule has 2 N–H and O–H groups in total. The summed E-state index contributed by atoms with van der Waals surface area (Å²) in [6, 6.07) is 25.7. The largest absolute Gasteiger partial charge is 0.449 e. The molecule has 0 spiro atoms. The monoisotopic (exact) mass is 516 g/mol. The van der Waals surface area contributed by atoms with Gasteiger partial charge in [-0.1, -0.05) is 91.0 Å². The molecule has 2 amide bonds. The number of benzene rings is 3. The smallest absolute Gasteiger partial charge is 0.357 e. The van der Waals surface area contributed by atoms with Gasteiger partial charge in [0.1, 0.15) is 6.61 Å². The molecule has 3 atom stereocenters. The third kappa shape index (κ3) is 6.31. The summed E-state index contributed by atoms with van der Waals surface area (Å²) in [6.45, 7) is 0.917. The van der Waals surface area contributed by atoms with Gasteiger partial charge in [0.15, 0.2) is 24.2 Å². The number of ether oxygens (including phenoxy) is 2. The predicted molar refractivity (Wildman–Crippen MR) is 136 cm³/mol. The maximum Gasteiger partial charge on any atom is 0.357 e. The number of carbonyl (C=O) groups is 4. The number of likely N-dealkylation sites (tertiary alicyclic amines) is 1. The Balaban J connectivity index is 1.48. The predicted octanol–water partition coefficient (Wildman–Crippen LogP) is 2.14. The molecule has 0 aromatic heterocycles. The molecular formula is C29H28N2O7. The van der Waals surface area contributed by atoms with Gasteiger partial charge in [-0.3, -0.25) is 19.3 Å². The fourth-order valence-electron chi connectivity index (χ4n) is 4.14. The van der Waals surface area contributed by atoms with E-state index in [9.17, 15) is 24.3 Å². The van der Waals surface area contributed by atoms with Crippen molar-refractivity contribution in [2.75, 3.05) is 6.61 Å². The lowest BCUT2D eigenvalue weighted by atomic mass is 10.0. The number of β-lactam (4-membered cyclic amide) rings is 1. The molecule has 9 heteroatoms. The third-order valence-corrected chi connectivity index (χ3v) is 5.97. The number of nitrogens with one attached hydrogen (secondary N) is 1. The molecule has 4 rings (SSSR count). The molecule has 1 heterocycles. The van der Waals surface area contributed by atoms with Crippen molar-refractivity contribution in [2.24, 2.45) is 0 Å². The van der Waals surface area contributed by atoms with E-state index in [1.54, 1.807) is 72.8 Å². The lowest BCUT2D eigenvalue weighted by Crippen LogP contribution is -2.75. The first kappa shape index (κ1) is 26.7. The quantitative estimate of drug-likeness (QED) is 0.296. The molecule has 1 aliphatic rings. The summed E-state index contributed by atoms with van der Waals surface area (Å²) in [4.78, 5) is 50.9. The van der Waals surface area contributed by atoms with E-state index in [1.165, 1.54) is 6.92 Å². The van der Waals surface area contributed by atoms with E-state index in [0.717, 1.165) is 10.5 Å². The first-order valence-electron chi connectivity index (χ1n) is 12.1. The van der Waals surface area contributed by atoms with Crippen molar-refractivity contribution < 1.29 is 33.8 Å². The number of aliphatic hydroxyl groups excluding tert-OH is 1. The van der Waals surface area contributed by atoms with E-state index in [-0.39, 0.29) is 18.8 Å². The number of aliphatic hydroxyl groups is 1. The van der Waals surface area contributed by atoms with Gasteiger partial charge in [-0.2, -0.15) is 0 Å². The van der Waals surface area contributed by atoms with Crippen molar-refractivity contribution in [1.82, 2.24) is 10.2 Å². The molecular weight excluding hydrogens is 488 g/mol. The summed E-state index contributed by atoms with van der Waals surface area (Å²) in [5.41, 5.74) is 2.08. The molecule has 0 bridgehead atoms. The highest BCUT2D eigenvalue weighted by Crippen LogP contribution is 2.29. The number of amides is 2. The molecule has 1 fully saturated rings. The van der Waals surface area contributed by atoms with Crippen LogP contribution >= 0.6 is 0 Å². The van der Waals surface area contributed by atoms with Crippen LogP contribution < -0.4 is 5.32 Å². The van der Waals surface area contributed by atoms with Crippen LogP contribution in [0.2, 0.25) is 0 Å². The van der Waals surface area contributed by atoms with Gasteiger partial charge in [-0.25, -0.2) is 4.79 Å². The maximum absolute atomic E-state index is 13.1. The van der Waals surface area contributed by atoms with Gasteiger partial charge in [0.2, 0.25) is 12.1 Å². The molecule has 1 aliphatic heterocycles. The average Bonchev–Trinajstić information content (AvgIpc) is 2.93. The van der Waals surface area contributed by atoms with Crippen molar-refractivity contribution in [3.63, 3.8) is 0 Å². The van der Waals surface area contributed by atoms with Gasteiger partial charge in [0.05, 0.1) is 6.42 Å². The van der Waals surface area contributed by atoms with Crippen molar-refractivity contribution >= 4 is 23.6 Å². The summed E-state index contributed by atoms with van der Waals surface area (Å²) in [5.74, 6) is -2.60. The first-order chi connectivity index (χ1) is 18.3. The van der Waals surface area contributed by atoms with Crippen molar-refractivity contribution in [1.29, 1.82) is 0 Å². The van der Waals surface area contributed by atoms with E-state index in [0.29, 0.717) is 11.1 Å². The number of hydrogen-bond acceptors (Lipinski definition) is 7. The molecule has 3 aromatic rings. The first-order valence-corrected chi connectivity index (χ1v) is 12.1. The van der Waals surface area contributed by atoms with Crippen LogP contribution in [-0.4, -0.2) is 58.7 Å². The second-order valence-corrected chi connectivity index (χ2v) is 8.87. The van der Waals surface area contributed by atoms with Crippen molar-refractivity contribution in [3.8, 4) is 0 Å². The van der Waals surface area contributed by atoms with Gasteiger partial charge < -0.3 is 19.9 Å². The van der Waals surface area contributed by atoms with Gasteiger partial charge in [-0.15, -0.1) is 0 Å². The number of Topliss-reactive ketones (excluding diaryl/α,β-unsaturated/α-hetero) is 1. The minimum absolute atomic E-state index is 0.0183. The second-order valence-electron chi connectivity index (χ2n) is 8.87. The fourth-order valence-corrected chi connectivity index (χ4v) is 4.14. The van der Waals surface area contributed by atoms with E-state index >= 15 is 0 Å². The van der Waals surface area contributed by atoms with Gasteiger partial charge in [0.25, 0.3) is 5.91 Å². The summed E-state index contributed by atoms with van der Waals surface area (Å²) < 4.78 is 11.2. The number of carbonyl (C=O) groups excluding carboxylic acids is 4. The summed E-state index contributed by atoms with van der Waals surface area (Å²) >= 11 is 0. The zero-order chi connectivity index (χ0) is 27.1. The summed E-state index contributed by atoms with van der Waals surface area (Å²) in [6.07, 6.45) is -4.07. The molecule has 1 unspecified atom stereocenters. The minimum Gasteiger partial charge on any atom is -0.449 e. The topological polar surface area (TPSA) is 122 Å². The Morgan fingerprint density at radius 2 is 1.42 bits per heavy atom. The Kier molecular flexibility index (Phi) is 8.62. The van der Waals surface area contributed by atoms with Crippen LogP contribution in [-0.2, 0) is 35.1 Å². The number of rotatable bonds is 11. The zero-order valence-corrected chi connectivity index (χ0v) is 20.7. The lowest BCUT2D eigenvalue weighted by Gasteiger charge is -2.47. The Hall–Kier alpha value is -4.34. The van der Waals surface area contributed by atoms with Crippen molar-refractivity contribution in [2.45, 2.75) is 37.9 Å². The van der Waals surface area contributed by atoms with Crippen LogP contribution in [0.4, 0.5) is 0 Å². The maximum atomic E-state index is 13.1. The zero-order valence-electron chi connectivity index (χ0n) is 20.7.